The summed E-state index contributed by atoms with van der Waals surface area (Å²) in [5, 5.41) is 23.5. The van der Waals surface area contributed by atoms with E-state index in [0.717, 1.165) is 53.2 Å². The lowest BCUT2D eigenvalue weighted by Crippen LogP contribution is -2.78. The average molecular weight is 596 g/mol. The first-order valence-electron chi connectivity index (χ1n) is 14.0. The highest BCUT2D eigenvalue weighted by Gasteiger charge is 2.73. The van der Waals surface area contributed by atoms with Crippen molar-refractivity contribution < 1.29 is 24.5 Å². The molecule has 1 saturated heterocycles. The lowest BCUT2D eigenvalue weighted by molar-refractivity contribution is -0.200. The molecule has 3 aliphatic carbocycles. The Balaban J connectivity index is 1.22. The van der Waals surface area contributed by atoms with Crippen LogP contribution in [0, 0.1) is 5.92 Å². The number of likely N-dealkylation sites (N-methyl/N-ethyl adjacent to an activating group) is 1. The lowest BCUT2D eigenvalue weighted by Gasteiger charge is -2.64. The number of aromatic hydroxyl groups is 1. The lowest BCUT2D eigenvalue weighted by atomic mass is 9.48. The van der Waals surface area contributed by atoms with Crippen LogP contribution in [-0.4, -0.2) is 77.0 Å². The van der Waals surface area contributed by atoms with E-state index in [9.17, 15) is 15.0 Å². The number of carbonyl (C=O) groups is 1. The Morgan fingerprint density at radius 1 is 1.26 bits per heavy atom. The van der Waals surface area contributed by atoms with Crippen LogP contribution in [0.1, 0.15) is 48.8 Å². The van der Waals surface area contributed by atoms with Crippen LogP contribution in [0.4, 0.5) is 0 Å². The molecule has 2 saturated carbocycles. The number of halogens is 1. The molecular formula is C31H35BrN2O5. The van der Waals surface area contributed by atoms with Gasteiger partial charge in [0.05, 0.1) is 28.6 Å². The Labute approximate surface area is 237 Å². The molecule has 5 aliphatic rings. The first-order valence-corrected chi connectivity index (χ1v) is 14.8. The summed E-state index contributed by atoms with van der Waals surface area (Å²) in [5.74, 6) is 2.00. The summed E-state index contributed by atoms with van der Waals surface area (Å²) < 4.78 is 12.8. The quantitative estimate of drug-likeness (QED) is 0.486. The number of phenols is 1. The molecule has 2 heterocycles. The van der Waals surface area contributed by atoms with Gasteiger partial charge in [-0.2, -0.15) is 0 Å². The fraction of sp³-hybridized carbons (Fsp3) is 0.516. The molecular weight excluding hydrogens is 560 g/mol. The van der Waals surface area contributed by atoms with E-state index in [4.69, 9.17) is 9.47 Å². The van der Waals surface area contributed by atoms with Crippen LogP contribution in [0.3, 0.4) is 0 Å². The fourth-order valence-electron chi connectivity index (χ4n) is 8.09. The molecule has 0 aromatic heterocycles. The van der Waals surface area contributed by atoms with Gasteiger partial charge < -0.3 is 24.6 Å². The third kappa shape index (κ3) is 3.64. The molecule has 2 bridgehead atoms. The molecule has 8 heteroatoms. The molecule has 0 unspecified atom stereocenters. The van der Waals surface area contributed by atoms with Crippen molar-refractivity contribution >= 4 is 27.9 Å². The van der Waals surface area contributed by atoms with Crippen LogP contribution in [0.25, 0.3) is 6.08 Å². The highest BCUT2D eigenvalue weighted by molar-refractivity contribution is 9.10. The number of nitrogens with zero attached hydrogens (tertiary/aromatic N) is 2. The van der Waals surface area contributed by atoms with E-state index in [-0.39, 0.29) is 23.7 Å². The van der Waals surface area contributed by atoms with Gasteiger partial charge in [-0.25, -0.2) is 0 Å². The van der Waals surface area contributed by atoms with Gasteiger partial charge in [-0.05, 0) is 102 Å². The van der Waals surface area contributed by atoms with Gasteiger partial charge in [0, 0.05) is 31.3 Å². The molecule has 1 spiro atoms. The molecule has 0 radical (unpaired) electrons. The van der Waals surface area contributed by atoms with Crippen LogP contribution in [0.15, 0.2) is 40.9 Å². The molecule has 2 N–H and O–H groups in total. The number of amides is 1. The van der Waals surface area contributed by atoms with Crippen molar-refractivity contribution in [1.82, 2.24) is 9.80 Å². The molecule has 2 aromatic carbocycles. The van der Waals surface area contributed by atoms with Crippen LogP contribution >= 0.6 is 15.9 Å². The minimum atomic E-state index is -0.956. The third-order valence-electron chi connectivity index (χ3n) is 10.2. The largest absolute Gasteiger partial charge is 0.504 e. The molecule has 2 aromatic rings. The smallest absolute Gasteiger partial charge is 0.246 e. The molecule has 5 atom stereocenters. The number of hydrogen-bond acceptors (Lipinski definition) is 6. The van der Waals surface area contributed by atoms with Gasteiger partial charge in [-0.3, -0.25) is 9.69 Å². The Hall–Kier alpha value is -2.55. The second-order valence-corrected chi connectivity index (χ2v) is 12.9. The number of rotatable bonds is 6. The normalized spacial score (nSPS) is 32.6. The van der Waals surface area contributed by atoms with Gasteiger partial charge >= 0.3 is 0 Å². The van der Waals surface area contributed by atoms with E-state index in [0.29, 0.717) is 18.6 Å². The molecule has 7 rings (SSSR count). The first kappa shape index (κ1) is 25.4. The summed E-state index contributed by atoms with van der Waals surface area (Å²) in [6.07, 6.45) is 8.32. The molecule has 39 heavy (non-hydrogen) atoms. The van der Waals surface area contributed by atoms with E-state index >= 15 is 0 Å². The zero-order chi connectivity index (χ0) is 27.1. The minimum absolute atomic E-state index is 0.0244. The van der Waals surface area contributed by atoms with Crippen molar-refractivity contribution in [1.29, 1.82) is 0 Å². The Morgan fingerprint density at radius 2 is 2.08 bits per heavy atom. The topological polar surface area (TPSA) is 82.5 Å². The summed E-state index contributed by atoms with van der Waals surface area (Å²) in [7, 11) is 3.45. The van der Waals surface area contributed by atoms with Gasteiger partial charge in [0.1, 0.15) is 11.9 Å². The van der Waals surface area contributed by atoms with Crippen LogP contribution in [0.5, 0.6) is 17.2 Å². The predicted molar refractivity (Wildman–Crippen MR) is 151 cm³/mol. The minimum Gasteiger partial charge on any atom is -0.504 e. The van der Waals surface area contributed by atoms with Crippen molar-refractivity contribution in [3.63, 3.8) is 0 Å². The van der Waals surface area contributed by atoms with Gasteiger partial charge in [-0.1, -0.05) is 12.1 Å². The highest BCUT2D eigenvalue weighted by atomic mass is 79.9. The van der Waals surface area contributed by atoms with E-state index < -0.39 is 17.1 Å². The van der Waals surface area contributed by atoms with Gasteiger partial charge in [-0.15, -0.1) is 0 Å². The number of phenolic OH excluding ortho intramolecular Hbond substituents is 1. The van der Waals surface area contributed by atoms with Crippen LogP contribution in [0.2, 0.25) is 0 Å². The monoisotopic (exact) mass is 594 g/mol. The summed E-state index contributed by atoms with van der Waals surface area (Å²) in [4.78, 5) is 17.8. The van der Waals surface area contributed by atoms with Gasteiger partial charge in [0.25, 0.3) is 0 Å². The molecule has 206 valence electrons. The Bertz CT molecular complexity index is 1370. The maximum atomic E-state index is 13.5. The number of benzene rings is 2. The molecule has 1 amide bonds. The van der Waals surface area contributed by atoms with E-state index in [1.54, 1.807) is 24.2 Å². The summed E-state index contributed by atoms with van der Waals surface area (Å²) in [6.45, 7) is 1.94. The number of piperidine rings is 1. The number of hydrogen-bond donors (Lipinski definition) is 2. The second-order valence-electron chi connectivity index (χ2n) is 12.1. The number of aliphatic hydroxyl groups is 1. The van der Waals surface area contributed by atoms with Crippen molar-refractivity contribution in [3.05, 3.63) is 57.6 Å². The summed E-state index contributed by atoms with van der Waals surface area (Å²) >= 11 is 3.50. The maximum Gasteiger partial charge on any atom is 0.246 e. The van der Waals surface area contributed by atoms with E-state index in [2.05, 4.69) is 20.8 Å². The highest BCUT2D eigenvalue weighted by Crippen LogP contribution is 2.66. The van der Waals surface area contributed by atoms with Crippen molar-refractivity contribution in [2.75, 3.05) is 27.2 Å². The number of ether oxygens (including phenoxy) is 2. The number of carbonyl (C=O) groups excluding carboxylic acids is 1. The van der Waals surface area contributed by atoms with E-state index in [1.807, 2.05) is 37.4 Å². The standard InChI is InChI=1S/C31H35BrN2O5/c1-33(26(36)10-6-18-5-9-24(38-2)21(32)15-18)22-11-12-31(37)25-16-20-7-8-23(35)28-27(20)30(31,29(22)39-28)13-14-34(25)17-19-3-4-19/h5-10,15,19,22,25,29,35,37H,3-4,11-14,16-17H2,1-2H3/t22-,25-,29+,30+,31-/m1/s1. The third-order valence-corrected chi connectivity index (χ3v) is 10.8. The predicted octanol–water partition coefficient (Wildman–Crippen LogP) is 4.27. The summed E-state index contributed by atoms with van der Waals surface area (Å²) in [5.41, 5.74) is 1.45. The number of likely N-dealkylation sites (tertiary alicyclic amines) is 1. The van der Waals surface area contributed by atoms with Gasteiger partial charge in [0.2, 0.25) is 5.91 Å². The fourth-order valence-corrected chi connectivity index (χ4v) is 8.65. The van der Waals surface area contributed by atoms with Gasteiger partial charge in [0.15, 0.2) is 11.5 Å². The molecule has 2 aliphatic heterocycles. The van der Waals surface area contributed by atoms with Crippen molar-refractivity contribution in [3.8, 4) is 17.2 Å². The first-order chi connectivity index (χ1) is 18.8. The zero-order valence-corrected chi connectivity index (χ0v) is 24.0. The van der Waals surface area contributed by atoms with E-state index in [1.165, 1.54) is 18.4 Å². The Morgan fingerprint density at radius 3 is 2.82 bits per heavy atom. The average Bonchev–Trinajstić information content (AvgIpc) is 3.67. The molecule has 3 fully saturated rings. The Kier molecular flexibility index (Phi) is 5.85. The van der Waals surface area contributed by atoms with Crippen molar-refractivity contribution in [2.45, 2.75) is 67.7 Å². The van der Waals surface area contributed by atoms with Crippen molar-refractivity contribution in [2.24, 2.45) is 5.92 Å². The summed E-state index contributed by atoms with van der Waals surface area (Å²) in [6, 6.07) is 9.24. The van der Waals surface area contributed by atoms with Crippen LogP contribution < -0.4 is 9.47 Å². The number of methoxy groups -OCH3 is 1. The maximum absolute atomic E-state index is 13.5. The molecule has 7 nitrogen and oxygen atoms in total. The second kappa shape index (κ2) is 8.98. The SMILES string of the molecule is COc1ccc(C=CC(=O)N(C)[C@@H]2CC[C@@]3(O)[C@H]4Cc5ccc(O)c6c5[C@@]3(CCN4CC3CC3)[C@H]2O6)cc1Br. The van der Waals surface area contributed by atoms with Crippen LogP contribution in [-0.2, 0) is 16.6 Å². The zero-order valence-electron chi connectivity index (χ0n) is 22.4.